The molecule has 7 heteroatoms. The number of hydrogen-bond acceptors (Lipinski definition) is 4. The maximum Gasteiger partial charge on any atom is 0.240 e. The van der Waals surface area contributed by atoms with Gasteiger partial charge in [-0.15, -0.1) is 0 Å². The maximum absolute atomic E-state index is 12.5. The molecule has 2 rings (SSSR count). The SMILES string of the molecule is CCOc1ccc(N(CC(=O)NC2CCCCCCC2)S(C)(=O)=O)cc1. The summed E-state index contributed by atoms with van der Waals surface area (Å²) in [5, 5.41) is 3.02. The van der Waals surface area contributed by atoms with Gasteiger partial charge in [0.15, 0.2) is 0 Å². The number of anilines is 1. The minimum atomic E-state index is -3.56. The summed E-state index contributed by atoms with van der Waals surface area (Å²) in [4.78, 5) is 12.5. The van der Waals surface area contributed by atoms with Gasteiger partial charge >= 0.3 is 0 Å². The molecule has 0 saturated heterocycles. The highest BCUT2D eigenvalue weighted by atomic mass is 32.2. The molecule has 0 aromatic heterocycles. The zero-order valence-electron chi connectivity index (χ0n) is 15.7. The van der Waals surface area contributed by atoms with Crippen molar-refractivity contribution in [1.82, 2.24) is 5.32 Å². The predicted octanol–water partition coefficient (Wildman–Crippen LogP) is 3.08. The van der Waals surface area contributed by atoms with Gasteiger partial charge in [-0.2, -0.15) is 0 Å². The standard InChI is InChI=1S/C19H30N2O4S/c1-3-25-18-13-11-17(12-14-18)21(26(2,23)24)15-19(22)20-16-9-7-5-4-6-8-10-16/h11-14,16H,3-10,15H2,1-2H3,(H,20,22). The van der Waals surface area contributed by atoms with Gasteiger partial charge in [-0.05, 0) is 44.0 Å². The largest absolute Gasteiger partial charge is 0.494 e. The van der Waals surface area contributed by atoms with Crippen LogP contribution in [0.5, 0.6) is 5.75 Å². The van der Waals surface area contributed by atoms with Crippen LogP contribution in [-0.4, -0.2) is 39.8 Å². The van der Waals surface area contributed by atoms with Gasteiger partial charge in [0.2, 0.25) is 15.9 Å². The average molecular weight is 383 g/mol. The molecule has 0 unspecified atom stereocenters. The van der Waals surface area contributed by atoms with Crippen LogP contribution in [0.3, 0.4) is 0 Å². The first-order valence-electron chi connectivity index (χ1n) is 9.40. The molecule has 146 valence electrons. The third kappa shape index (κ3) is 6.52. The van der Waals surface area contributed by atoms with E-state index in [4.69, 9.17) is 4.74 Å². The first-order chi connectivity index (χ1) is 12.4. The van der Waals surface area contributed by atoms with Crippen molar-refractivity contribution < 1.29 is 17.9 Å². The lowest BCUT2D eigenvalue weighted by Crippen LogP contribution is -2.44. The molecule has 0 spiro atoms. The van der Waals surface area contributed by atoms with E-state index in [0.717, 1.165) is 36.2 Å². The van der Waals surface area contributed by atoms with Gasteiger partial charge in [-0.25, -0.2) is 8.42 Å². The normalized spacial score (nSPS) is 16.4. The number of amides is 1. The number of ether oxygens (including phenoxy) is 1. The zero-order valence-corrected chi connectivity index (χ0v) is 16.6. The van der Waals surface area contributed by atoms with E-state index in [0.29, 0.717) is 18.0 Å². The molecule has 1 aromatic rings. The number of hydrogen-bond donors (Lipinski definition) is 1. The van der Waals surface area contributed by atoms with Crippen LogP contribution in [0.15, 0.2) is 24.3 Å². The Kier molecular flexibility index (Phi) is 7.75. The lowest BCUT2D eigenvalue weighted by molar-refractivity contribution is -0.120. The second kappa shape index (κ2) is 9.80. The number of sulfonamides is 1. The Labute approximate surface area is 157 Å². The predicted molar refractivity (Wildman–Crippen MR) is 104 cm³/mol. The Morgan fingerprint density at radius 2 is 1.69 bits per heavy atom. The number of nitrogens with one attached hydrogen (secondary N) is 1. The zero-order chi connectivity index (χ0) is 19.0. The van der Waals surface area contributed by atoms with E-state index in [-0.39, 0.29) is 18.5 Å². The van der Waals surface area contributed by atoms with Crippen molar-refractivity contribution in [3.63, 3.8) is 0 Å². The van der Waals surface area contributed by atoms with Crippen LogP contribution in [0.2, 0.25) is 0 Å². The molecule has 26 heavy (non-hydrogen) atoms. The maximum atomic E-state index is 12.5. The first-order valence-corrected chi connectivity index (χ1v) is 11.2. The summed E-state index contributed by atoms with van der Waals surface area (Å²) >= 11 is 0. The molecule has 0 atom stereocenters. The molecule has 1 amide bonds. The molecular formula is C19H30N2O4S. The van der Waals surface area contributed by atoms with Crippen molar-refractivity contribution in [1.29, 1.82) is 0 Å². The Hall–Kier alpha value is -1.76. The number of benzene rings is 1. The fourth-order valence-electron chi connectivity index (χ4n) is 3.28. The topological polar surface area (TPSA) is 75.7 Å². The Bertz CT molecular complexity index is 665. The minimum absolute atomic E-state index is 0.143. The Balaban J connectivity index is 2.03. The summed E-state index contributed by atoms with van der Waals surface area (Å²) in [6, 6.07) is 6.89. The van der Waals surface area contributed by atoms with E-state index >= 15 is 0 Å². The van der Waals surface area contributed by atoms with E-state index in [1.807, 2.05) is 6.92 Å². The number of rotatable bonds is 7. The van der Waals surface area contributed by atoms with Crippen LogP contribution in [0.1, 0.15) is 51.9 Å². The van der Waals surface area contributed by atoms with Crippen molar-refractivity contribution in [2.24, 2.45) is 0 Å². The van der Waals surface area contributed by atoms with Crippen molar-refractivity contribution in [2.75, 3.05) is 23.7 Å². The highest BCUT2D eigenvalue weighted by Crippen LogP contribution is 2.22. The molecule has 6 nitrogen and oxygen atoms in total. The summed E-state index contributed by atoms with van der Waals surface area (Å²) in [5.41, 5.74) is 0.462. The molecule has 1 aromatic carbocycles. The van der Waals surface area contributed by atoms with Crippen LogP contribution >= 0.6 is 0 Å². The fraction of sp³-hybridized carbons (Fsp3) is 0.632. The molecule has 0 heterocycles. The van der Waals surface area contributed by atoms with Crippen LogP contribution in [0.4, 0.5) is 5.69 Å². The van der Waals surface area contributed by atoms with Gasteiger partial charge in [-0.1, -0.05) is 32.1 Å². The van der Waals surface area contributed by atoms with Crippen molar-refractivity contribution in [2.45, 2.75) is 57.9 Å². The molecule has 1 fully saturated rings. The van der Waals surface area contributed by atoms with Crippen LogP contribution in [0, 0.1) is 0 Å². The Morgan fingerprint density at radius 1 is 1.12 bits per heavy atom. The summed E-state index contributed by atoms with van der Waals surface area (Å²) in [6.45, 7) is 2.22. The van der Waals surface area contributed by atoms with E-state index < -0.39 is 10.0 Å². The molecule has 1 aliphatic carbocycles. The first kappa shape index (κ1) is 20.6. The summed E-state index contributed by atoms with van der Waals surface area (Å²) in [6.07, 6.45) is 8.94. The van der Waals surface area contributed by atoms with Gasteiger partial charge in [0.05, 0.1) is 18.6 Å². The second-order valence-electron chi connectivity index (χ2n) is 6.81. The minimum Gasteiger partial charge on any atom is -0.494 e. The fourth-order valence-corrected chi connectivity index (χ4v) is 4.14. The van der Waals surface area contributed by atoms with Crippen LogP contribution in [-0.2, 0) is 14.8 Å². The smallest absolute Gasteiger partial charge is 0.240 e. The van der Waals surface area contributed by atoms with E-state index in [9.17, 15) is 13.2 Å². The quantitative estimate of drug-likeness (QED) is 0.786. The lowest BCUT2D eigenvalue weighted by atomic mass is 9.97. The number of carbonyl (C=O) groups excluding carboxylic acids is 1. The molecule has 0 bridgehead atoms. The number of nitrogens with zero attached hydrogens (tertiary/aromatic N) is 1. The summed E-state index contributed by atoms with van der Waals surface area (Å²) < 4.78 is 30.9. The van der Waals surface area contributed by atoms with Gasteiger partial charge in [-0.3, -0.25) is 9.10 Å². The molecule has 1 N–H and O–H groups in total. The third-order valence-electron chi connectivity index (χ3n) is 4.59. The molecule has 0 aliphatic heterocycles. The highest BCUT2D eigenvalue weighted by molar-refractivity contribution is 7.92. The van der Waals surface area contributed by atoms with Crippen molar-refractivity contribution in [3.05, 3.63) is 24.3 Å². The van der Waals surface area contributed by atoms with Crippen molar-refractivity contribution in [3.8, 4) is 5.75 Å². The van der Waals surface area contributed by atoms with E-state index in [2.05, 4.69) is 5.32 Å². The third-order valence-corrected chi connectivity index (χ3v) is 5.73. The van der Waals surface area contributed by atoms with E-state index in [1.54, 1.807) is 24.3 Å². The molecule has 1 saturated carbocycles. The second-order valence-corrected chi connectivity index (χ2v) is 8.71. The monoisotopic (exact) mass is 382 g/mol. The average Bonchev–Trinajstić information content (AvgIpc) is 2.55. The van der Waals surface area contributed by atoms with Crippen LogP contribution < -0.4 is 14.4 Å². The highest BCUT2D eigenvalue weighted by Gasteiger charge is 2.22. The van der Waals surface area contributed by atoms with Gasteiger partial charge < -0.3 is 10.1 Å². The van der Waals surface area contributed by atoms with Crippen molar-refractivity contribution >= 4 is 21.6 Å². The van der Waals surface area contributed by atoms with Gasteiger partial charge in [0, 0.05) is 6.04 Å². The van der Waals surface area contributed by atoms with Crippen LogP contribution in [0.25, 0.3) is 0 Å². The van der Waals surface area contributed by atoms with Gasteiger partial charge in [0.25, 0.3) is 0 Å². The van der Waals surface area contributed by atoms with Gasteiger partial charge in [0.1, 0.15) is 12.3 Å². The molecule has 1 aliphatic rings. The molecular weight excluding hydrogens is 352 g/mol. The summed E-state index contributed by atoms with van der Waals surface area (Å²) in [7, 11) is -3.56. The Morgan fingerprint density at radius 3 is 2.23 bits per heavy atom. The summed E-state index contributed by atoms with van der Waals surface area (Å²) in [5.74, 6) is 0.415. The number of carbonyl (C=O) groups is 1. The lowest BCUT2D eigenvalue weighted by Gasteiger charge is -2.25. The van der Waals surface area contributed by atoms with E-state index in [1.165, 1.54) is 19.3 Å². The molecule has 0 radical (unpaired) electrons.